The Morgan fingerprint density at radius 1 is 1.17 bits per heavy atom. The van der Waals surface area contributed by atoms with Crippen molar-refractivity contribution in [3.05, 3.63) is 41.3 Å². The second-order valence-corrected chi connectivity index (χ2v) is 7.96. The minimum Gasteiger partial charge on any atom is -0.370 e. The molecule has 29 heavy (non-hydrogen) atoms. The molecular formula is C19H23FN5O3S+. The van der Waals surface area contributed by atoms with Crippen LogP contribution < -0.4 is 15.5 Å². The number of halogens is 1. The van der Waals surface area contributed by atoms with Crippen LogP contribution in [0.5, 0.6) is 0 Å². The number of hydrogen-bond acceptors (Lipinski definition) is 5. The van der Waals surface area contributed by atoms with Gasteiger partial charge >= 0.3 is 11.8 Å². The van der Waals surface area contributed by atoms with Crippen LogP contribution in [0.4, 0.5) is 10.2 Å². The predicted molar refractivity (Wildman–Crippen MR) is 107 cm³/mol. The summed E-state index contributed by atoms with van der Waals surface area (Å²) in [5.41, 5.74) is 2.39. The van der Waals surface area contributed by atoms with Crippen LogP contribution >= 0.6 is 11.8 Å². The highest BCUT2D eigenvalue weighted by atomic mass is 32.2. The molecule has 0 bridgehead atoms. The van der Waals surface area contributed by atoms with Gasteiger partial charge in [0, 0.05) is 17.1 Å². The number of ether oxygens (including phenoxy) is 1. The lowest BCUT2D eigenvalue weighted by Gasteiger charge is -2.23. The largest absolute Gasteiger partial charge is 0.370 e. The molecule has 8 nitrogen and oxygen atoms in total. The maximum atomic E-state index is 13.3. The number of benzene rings is 1. The van der Waals surface area contributed by atoms with Gasteiger partial charge in [0.2, 0.25) is 0 Å². The molecule has 3 N–H and O–H groups in total. The Kier molecular flexibility index (Phi) is 6.12. The zero-order valence-electron chi connectivity index (χ0n) is 15.9. The van der Waals surface area contributed by atoms with E-state index >= 15 is 0 Å². The number of anilines is 1. The number of nitrogens with zero attached hydrogens (tertiary/aromatic N) is 2. The Morgan fingerprint density at radius 3 is 2.69 bits per heavy atom. The molecule has 1 aromatic heterocycles. The summed E-state index contributed by atoms with van der Waals surface area (Å²) < 4.78 is 20.1. The van der Waals surface area contributed by atoms with E-state index < -0.39 is 11.8 Å². The molecule has 2 amide bonds. The van der Waals surface area contributed by atoms with E-state index in [1.54, 1.807) is 28.6 Å². The lowest BCUT2D eigenvalue weighted by atomic mass is 10.2. The van der Waals surface area contributed by atoms with Gasteiger partial charge in [0.1, 0.15) is 24.7 Å². The van der Waals surface area contributed by atoms with Crippen LogP contribution in [-0.4, -0.2) is 61.0 Å². The summed E-state index contributed by atoms with van der Waals surface area (Å²) in [5.74, 6) is 0.149. The van der Waals surface area contributed by atoms with Crippen molar-refractivity contribution >= 4 is 29.4 Å². The molecule has 0 aliphatic carbocycles. The van der Waals surface area contributed by atoms with E-state index in [9.17, 15) is 14.0 Å². The molecule has 0 unspecified atom stereocenters. The number of rotatable bonds is 5. The molecule has 0 saturated carbocycles. The first-order valence-electron chi connectivity index (χ1n) is 9.57. The number of hydrogen-bond donors (Lipinski definition) is 3. The normalized spacial score (nSPS) is 16.4. The molecular weight excluding hydrogens is 397 g/mol. The van der Waals surface area contributed by atoms with E-state index in [1.165, 1.54) is 17.0 Å². The summed E-state index contributed by atoms with van der Waals surface area (Å²) in [4.78, 5) is 26.1. The second kappa shape index (κ2) is 8.93. The third-order valence-electron chi connectivity index (χ3n) is 5.03. The van der Waals surface area contributed by atoms with Crippen LogP contribution in [-0.2, 0) is 25.8 Å². The van der Waals surface area contributed by atoms with Crippen molar-refractivity contribution in [1.29, 1.82) is 0 Å². The highest BCUT2D eigenvalue weighted by Gasteiger charge is 2.26. The number of carbonyl (C=O) groups excluding carboxylic acids is 2. The van der Waals surface area contributed by atoms with E-state index in [-0.39, 0.29) is 5.82 Å². The monoisotopic (exact) mass is 420 g/mol. The highest BCUT2D eigenvalue weighted by Crippen LogP contribution is 2.36. The Morgan fingerprint density at radius 2 is 1.93 bits per heavy atom. The number of aromatic nitrogens is 2. The zero-order valence-corrected chi connectivity index (χ0v) is 16.7. The van der Waals surface area contributed by atoms with E-state index in [2.05, 4.69) is 15.7 Å². The Bertz CT molecular complexity index is 896. The Labute approximate surface area is 171 Å². The van der Waals surface area contributed by atoms with Gasteiger partial charge < -0.3 is 20.3 Å². The van der Waals surface area contributed by atoms with E-state index in [0.29, 0.717) is 23.8 Å². The van der Waals surface area contributed by atoms with E-state index in [1.807, 2.05) is 0 Å². The van der Waals surface area contributed by atoms with Crippen LogP contribution in [0.15, 0.2) is 24.3 Å². The quantitative estimate of drug-likeness (QED) is 0.580. The fourth-order valence-electron chi connectivity index (χ4n) is 3.42. The molecule has 4 rings (SSSR count). The minimum atomic E-state index is -0.732. The van der Waals surface area contributed by atoms with Crippen molar-refractivity contribution in [3.8, 4) is 5.69 Å². The van der Waals surface area contributed by atoms with Crippen LogP contribution in [0.3, 0.4) is 0 Å². The molecule has 0 radical (unpaired) electrons. The number of nitrogens with one attached hydrogen (secondary N) is 3. The van der Waals surface area contributed by atoms with Crippen molar-refractivity contribution < 1.29 is 23.6 Å². The standard InChI is InChI=1S/C19H22FN5O3S/c20-13-1-3-14(4-2-13)25-17(15-11-29-12-16(15)23-25)22-19(27)18(26)21-5-6-24-7-9-28-10-8-24/h1-4H,5-12H2,(H,21,26)(H,22,27)/p+1. The van der Waals surface area contributed by atoms with Gasteiger partial charge in [-0.15, -0.1) is 0 Å². The van der Waals surface area contributed by atoms with Gasteiger partial charge in [-0.3, -0.25) is 9.59 Å². The third-order valence-corrected chi connectivity index (χ3v) is 6.00. The fourth-order valence-corrected chi connectivity index (χ4v) is 4.45. The molecule has 0 atom stereocenters. The molecule has 3 heterocycles. The summed E-state index contributed by atoms with van der Waals surface area (Å²) in [6.45, 7) is 4.43. The van der Waals surface area contributed by atoms with Crippen molar-refractivity contribution in [2.45, 2.75) is 11.5 Å². The Hall–Kier alpha value is -2.43. The molecule has 1 aromatic carbocycles. The van der Waals surface area contributed by atoms with Gasteiger partial charge in [-0.25, -0.2) is 9.07 Å². The first kappa shape index (κ1) is 19.9. The van der Waals surface area contributed by atoms with Crippen LogP contribution in [0.1, 0.15) is 11.3 Å². The number of amides is 2. The SMILES string of the molecule is O=C(NCC[NH+]1CCOCC1)C(=O)Nc1c2c(nn1-c1ccc(F)cc1)CSC2. The second-order valence-electron chi connectivity index (χ2n) is 6.98. The lowest BCUT2D eigenvalue weighted by Crippen LogP contribution is -3.14. The van der Waals surface area contributed by atoms with E-state index in [0.717, 1.165) is 49.9 Å². The zero-order chi connectivity index (χ0) is 20.2. The van der Waals surface area contributed by atoms with Gasteiger partial charge in [0.05, 0.1) is 37.7 Å². The van der Waals surface area contributed by atoms with E-state index in [4.69, 9.17) is 4.74 Å². The summed E-state index contributed by atoms with van der Waals surface area (Å²) in [7, 11) is 0. The lowest BCUT2D eigenvalue weighted by molar-refractivity contribution is -0.906. The van der Waals surface area contributed by atoms with Gasteiger partial charge in [-0.1, -0.05) is 0 Å². The average molecular weight is 420 g/mol. The number of fused-ring (bicyclic) bond motifs is 1. The fraction of sp³-hybridized carbons (Fsp3) is 0.421. The molecule has 154 valence electrons. The van der Waals surface area contributed by atoms with Crippen LogP contribution in [0.25, 0.3) is 5.69 Å². The summed E-state index contributed by atoms with van der Waals surface area (Å²) >= 11 is 1.69. The van der Waals surface area contributed by atoms with Crippen LogP contribution in [0, 0.1) is 5.82 Å². The molecule has 2 aliphatic heterocycles. The van der Waals surface area contributed by atoms with Crippen molar-refractivity contribution in [1.82, 2.24) is 15.1 Å². The molecule has 1 saturated heterocycles. The number of quaternary nitrogens is 1. The maximum Gasteiger partial charge on any atom is 0.314 e. The maximum absolute atomic E-state index is 13.3. The van der Waals surface area contributed by atoms with Gasteiger partial charge in [-0.05, 0) is 24.3 Å². The molecule has 2 aromatic rings. The van der Waals surface area contributed by atoms with Gasteiger partial charge in [0.25, 0.3) is 0 Å². The number of morpholine rings is 1. The first-order valence-corrected chi connectivity index (χ1v) is 10.7. The van der Waals surface area contributed by atoms with Crippen molar-refractivity contribution in [2.24, 2.45) is 0 Å². The number of thioether (sulfide) groups is 1. The molecule has 2 aliphatic rings. The predicted octanol–water partition coefficient (Wildman–Crippen LogP) is -0.272. The summed E-state index contributed by atoms with van der Waals surface area (Å²) in [6, 6.07) is 5.85. The van der Waals surface area contributed by atoms with Crippen molar-refractivity contribution in [2.75, 3.05) is 44.7 Å². The van der Waals surface area contributed by atoms with Crippen LogP contribution in [0.2, 0.25) is 0 Å². The first-order chi connectivity index (χ1) is 14.1. The summed E-state index contributed by atoms with van der Waals surface area (Å²) in [6.07, 6.45) is 0. The topological polar surface area (TPSA) is 89.7 Å². The van der Waals surface area contributed by atoms with Gasteiger partial charge in [-0.2, -0.15) is 16.9 Å². The number of carbonyl (C=O) groups is 2. The molecule has 0 spiro atoms. The van der Waals surface area contributed by atoms with Crippen molar-refractivity contribution in [3.63, 3.8) is 0 Å². The minimum absolute atomic E-state index is 0.351. The average Bonchev–Trinajstić information content (AvgIpc) is 3.32. The Balaban J connectivity index is 1.42. The highest BCUT2D eigenvalue weighted by molar-refractivity contribution is 7.98. The molecule has 1 fully saturated rings. The summed E-state index contributed by atoms with van der Waals surface area (Å²) in [5, 5.41) is 9.93. The van der Waals surface area contributed by atoms with Gasteiger partial charge in [0.15, 0.2) is 0 Å². The molecule has 10 heteroatoms. The third kappa shape index (κ3) is 4.60. The smallest absolute Gasteiger partial charge is 0.314 e.